The Morgan fingerprint density at radius 1 is 1.46 bits per heavy atom. The van der Waals surface area contributed by atoms with Crippen LogP contribution in [0, 0.1) is 5.92 Å². The van der Waals surface area contributed by atoms with E-state index in [1.165, 1.54) is 38.8 Å². The normalized spacial score (nSPS) is 24.9. The summed E-state index contributed by atoms with van der Waals surface area (Å²) in [5.74, 6) is 0.954. The summed E-state index contributed by atoms with van der Waals surface area (Å²) in [6.45, 7) is 6.88. The molecule has 0 N–H and O–H groups in total. The van der Waals surface area contributed by atoms with E-state index in [0.717, 1.165) is 19.1 Å². The van der Waals surface area contributed by atoms with Gasteiger partial charge in [0.25, 0.3) is 0 Å². The second kappa shape index (κ2) is 6.39. The van der Waals surface area contributed by atoms with E-state index in [2.05, 4.69) is 11.8 Å². The first-order chi connectivity index (χ1) is 6.36. The monoisotopic (exact) mass is 185 g/mol. The molecule has 78 valence electrons. The van der Waals surface area contributed by atoms with Crippen LogP contribution in [0.4, 0.5) is 0 Å². The molecule has 1 heterocycles. The fourth-order valence-electron chi connectivity index (χ4n) is 2.22. The molecular weight excluding hydrogens is 162 g/mol. The van der Waals surface area contributed by atoms with Crippen molar-refractivity contribution in [2.24, 2.45) is 5.92 Å². The van der Waals surface area contributed by atoms with Crippen molar-refractivity contribution in [3.8, 4) is 0 Å². The van der Waals surface area contributed by atoms with Crippen LogP contribution in [0.2, 0.25) is 0 Å². The third kappa shape index (κ3) is 4.10. The fraction of sp³-hybridized carbons (Fsp3) is 1.00. The Balaban J connectivity index is 2.16. The number of rotatable bonds is 5. The molecule has 0 saturated carbocycles. The van der Waals surface area contributed by atoms with Gasteiger partial charge < -0.3 is 9.64 Å². The van der Waals surface area contributed by atoms with Gasteiger partial charge in [0.15, 0.2) is 0 Å². The van der Waals surface area contributed by atoms with Crippen LogP contribution in [-0.2, 0) is 4.74 Å². The predicted octanol–water partition coefficient (Wildman–Crippen LogP) is 2.14. The van der Waals surface area contributed by atoms with Gasteiger partial charge in [0.1, 0.15) is 0 Å². The predicted molar refractivity (Wildman–Crippen MR) is 55.9 cm³/mol. The van der Waals surface area contributed by atoms with Crippen molar-refractivity contribution in [2.75, 3.05) is 33.4 Å². The smallest absolute Gasteiger partial charge is 0.0589 e. The van der Waals surface area contributed by atoms with Crippen LogP contribution in [-0.4, -0.2) is 38.3 Å². The van der Waals surface area contributed by atoms with Crippen LogP contribution in [0.5, 0.6) is 0 Å². The molecule has 1 aliphatic heterocycles. The second-order valence-electron chi connectivity index (χ2n) is 4.09. The summed E-state index contributed by atoms with van der Waals surface area (Å²) in [6.07, 6.45) is 5.57. The molecule has 1 atom stereocenters. The zero-order valence-corrected chi connectivity index (χ0v) is 9.09. The topological polar surface area (TPSA) is 12.5 Å². The number of hydrogen-bond acceptors (Lipinski definition) is 2. The first kappa shape index (κ1) is 11.0. The number of ether oxygens (including phenoxy) is 1. The van der Waals surface area contributed by atoms with Gasteiger partial charge in [0.2, 0.25) is 0 Å². The van der Waals surface area contributed by atoms with Crippen LogP contribution in [0.15, 0.2) is 0 Å². The van der Waals surface area contributed by atoms with Gasteiger partial charge in [-0.1, -0.05) is 13.3 Å². The number of hydrogen-bond donors (Lipinski definition) is 0. The molecule has 0 aromatic heterocycles. The maximum absolute atomic E-state index is 5.10. The third-order valence-electron chi connectivity index (χ3n) is 2.91. The third-order valence-corrected chi connectivity index (χ3v) is 2.91. The summed E-state index contributed by atoms with van der Waals surface area (Å²) in [5.41, 5.74) is 0. The van der Waals surface area contributed by atoms with Crippen LogP contribution >= 0.6 is 0 Å². The molecule has 1 unspecified atom stereocenters. The molecule has 0 radical (unpaired) electrons. The van der Waals surface area contributed by atoms with E-state index in [4.69, 9.17) is 4.74 Å². The summed E-state index contributed by atoms with van der Waals surface area (Å²) in [5, 5.41) is 0. The Labute approximate surface area is 82.3 Å². The number of likely N-dealkylation sites (tertiary alicyclic amines) is 1. The Morgan fingerprint density at radius 2 is 2.31 bits per heavy atom. The Bertz CT molecular complexity index is 125. The highest BCUT2D eigenvalue weighted by molar-refractivity contribution is 4.72. The van der Waals surface area contributed by atoms with Crippen molar-refractivity contribution in [2.45, 2.75) is 32.6 Å². The fourth-order valence-corrected chi connectivity index (χ4v) is 2.22. The molecule has 0 aliphatic carbocycles. The Kier molecular flexibility index (Phi) is 5.40. The largest absolute Gasteiger partial charge is 0.383 e. The van der Waals surface area contributed by atoms with Crippen molar-refractivity contribution in [3.63, 3.8) is 0 Å². The lowest BCUT2D eigenvalue weighted by Crippen LogP contribution is -2.37. The molecule has 1 fully saturated rings. The summed E-state index contributed by atoms with van der Waals surface area (Å²) in [6, 6.07) is 0. The SMILES string of the molecule is CCCC1CCCN(CCOC)C1. The molecule has 0 bridgehead atoms. The first-order valence-corrected chi connectivity index (χ1v) is 5.58. The van der Waals surface area contributed by atoms with Crippen molar-refractivity contribution < 1.29 is 4.74 Å². The summed E-state index contributed by atoms with van der Waals surface area (Å²) in [4.78, 5) is 2.55. The van der Waals surface area contributed by atoms with Gasteiger partial charge in [-0.3, -0.25) is 0 Å². The Hall–Kier alpha value is -0.0800. The molecule has 1 saturated heterocycles. The van der Waals surface area contributed by atoms with E-state index in [9.17, 15) is 0 Å². The minimum absolute atomic E-state index is 0.888. The molecule has 0 aromatic rings. The maximum Gasteiger partial charge on any atom is 0.0589 e. The summed E-state index contributed by atoms with van der Waals surface area (Å²) >= 11 is 0. The van der Waals surface area contributed by atoms with Gasteiger partial charge in [-0.05, 0) is 31.7 Å². The lowest BCUT2D eigenvalue weighted by atomic mass is 9.94. The number of methoxy groups -OCH3 is 1. The molecule has 13 heavy (non-hydrogen) atoms. The zero-order chi connectivity index (χ0) is 9.52. The molecule has 0 amide bonds. The van der Waals surface area contributed by atoms with Crippen molar-refractivity contribution in [3.05, 3.63) is 0 Å². The van der Waals surface area contributed by atoms with Gasteiger partial charge in [-0.25, -0.2) is 0 Å². The lowest BCUT2D eigenvalue weighted by molar-refractivity contribution is 0.112. The molecule has 0 aromatic carbocycles. The average Bonchev–Trinajstić information content (AvgIpc) is 2.16. The van der Waals surface area contributed by atoms with Gasteiger partial charge in [0, 0.05) is 20.2 Å². The highest BCUT2D eigenvalue weighted by Crippen LogP contribution is 2.20. The average molecular weight is 185 g/mol. The van der Waals surface area contributed by atoms with Gasteiger partial charge in [0.05, 0.1) is 6.61 Å². The highest BCUT2D eigenvalue weighted by atomic mass is 16.5. The molecule has 1 rings (SSSR count). The van der Waals surface area contributed by atoms with Crippen LogP contribution in [0.25, 0.3) is 0 Å². The van der Waals surface area contributed by atoms with Gasteiger partial charge in [-0.2, -0.15) is 0 Å². The van der Waals surface area contributed by atoms with Gasteiger partial charge in [-0.15, -0.1) is 0 Å². The molecule has 2 heteroatoms. The molecule has 1 aliphatic rings. The molecule has 0 spiro atoms. The standard InChI is InChI=1S/C11H23NO/c1-3-5-11-6-4-7-12(10-11)8-9-13-2/h11H,3-10H2,1-2H3. The highest BCUT2D eigenvalue weighted by Gasteiger charge is 2.18. The van der Waals surface area contributed by atoms with Crippen molar-refractivity contribution in [1.29, 1.82) is 0 Å². The minimum Gasteiger partial charge on any atom is -0.383 e. The van der Waals surface area contributed by atoms with E-state index in [-0.39, 0.29) is 0 Å². The zero-order valence-electron chi connectivity index (χ0n) is 9.09. The molecular formula is C11H23NO. The van der Waals surface area contributed by atoms with E-state index < -0.39 is 0 Å². The van der Waals surface area contributed by atoms with E-state index in [1.807, 2.05) is 0 Å². The number of piperidine rings is 1. The second-order valence-corrected chi connectivity index (χ2v) is 4.09. The van der Waals surface area contributed by atoms with Crippen LogP contribution in [0.1, 0.15) is 32.6 Å². The summed E-state index contributed by atoms with van der Waals surface area (Å²) < 4.78 is 5.10. The molecule has 2 nitrogen and oxygen atoms in total. The van der Waals surface area contributed by atoms with E-state index >= 15 is 0 Å². The minimum atomic E-state index is 0.888. The van der Waals surface area contributed by atoms with Crippen molar-refractivity contribution in [1.82, 2.24) is 4.90 Å². The summed E-state index contributed by atoms with van der Waals surface area (Å²) in [7, 11) is 1.79. The maximum atomic E-state index is 5.10. The van der Waals surface area contributed by atoms with Crippen molar-refractivity contribution >= 4 is 0 Å². The Morgan fingerprint density at radius 3 is 3.00 bits per heavy atom. The van der Waals surface area contributed by atoms with Crippen LogP contribution < -0.4 is 0 Å². The lowest BCUT2D eigenvalue weighted by Gasteiger charge is -2.32. The quantitative estimate of drug-likeness (QED) is 0.650. The first-order valence-electron chi connectivity index (χ1n) is 5.58. The number of nitrogens with zero attached hydrogens (tertiary/aromatic N) is 1. The van der Waals surface area contributed by atoms with Crippen LogP contribution in [0.3, 0.4) is 0 Å². The van der Waals surface area contributed by atoms with E-state index in [0.29, 0.717) is 0 Å². The van der Waals surface area contributed by atoms with Gasteiger partial charge >= 0.3 is 0 Å². The van der Waals surface area contributed by atoms with E-state index in [1.54, 1.807) is 7.11 Å².